The Morgan fingerprint density at radius 2 is 2.00 bits per heavy atom. The van der Waals surface area contributed by atoms with Crippen molar-refractivity contribution in [3.8, 4) is 0 Å². The van der Waals surface area contributed by atoms with Crippen molar-refractivity contribution in [2.45, 2.75) is 13.1 Å². The van der Waals surface area contributed by atoms with Gasteiger partial charge in [-0.2, -0.15) is 13.2 Å². The quantitative estimate of drug-likeness (QED) is 0.618. The van der Waals surface area contributed by atoms with Crippen LogP contribution in [0.2, 0.25) is 0 Å². The van der Waals surface area contributed by atoms with Gasteiger partial charge in [0, 0.05) is 6.54 Å². The molecule has 1 aromatic carbocycles. The van der Waals surface area contributed by atoms with Crippen LogP contribution in [0.15, 0.2) is 30.4 Å². The molecule has 16 heavy (non-hydrogen) atoms. The molecule has 0 amide bonds. The van der Waals surface area contributed by atoms with Crippen LogP contribution in [-0.4, -0.2) is 6.54 Å². The summed E-state index contributed by atoms with van der Waals surface area (Å²) in [6.45, 7) is 2.05. The molecule has 0 atom stereocenters. The molecule has 1 nitrogen and oxygen atoms in total. The third-order valence-electron chi connectivity index (χ3n) is 1.94. The first-order chi connectivity index (χ1) is 7.45. The van der Waals surface area contributed by atoms with Crippen LogP contribution in [-0.2, 0) is 6.18 Å². The van der Waals surface area contributed by atoms with Gasteiger partial charge in [-0.15, -0.1) is 0 Å². The Labute approximate surface area is 90.8 Å². The van der Waals surface area contributed by atoms with Crippen molar-refractivity contribution < 1.29 is 17.6 Å². The fourth-order valence-corrected chi connectivity index (χ4v) is 1.12. The molecule has 5 heteroatoms. The summed E-state index contributed by atoms with van der Waals surface area (Å²) < 4.78 is 50.1. The second-order valence-corrected chi connectivity index (χ2v) is 3.14. The molecule has 0 aliphatic carbocycles. The zero-order chi connectivity index (χ0) is 12.2. The van der Waals surface area contributed by atoms with Gasteiger partial charge in [0.25, 0.3) is 0 Å². The molecule has 0 saturated carbocycles. The Balaban J connectivity index is 2.91. The minimum absolute atomic E-state index is 0.145. The van der Waals surface area contributed by atoms with Crippen LogP contribution in [0, 0.1) is 5.82 Å². The van der Waals surface area contributed by atoms with Crippen molar-refractivity contribution in [2.24, 2.45) is 0 Å². The lowest BCUT2D eigenvalue weighted by molar-refractivity contribution is -0.137. The van der Waals surface area contributed by atoms with Crippen LogP contribution in [0.1, 0.15) is 12.5 Å². The van der Waals surface area contributed by atoms with Crippen molar-refractivity contribution in [3.63, 3.8) is 0 Å². The van der Waals surface area contributed by atoms with Crippen LogP contribution < -0.4 is 5.32 Å². The topological polar surface area (TPSA) is 12.0 Å². The summed E-state index contributed by atoms with van der Waals surface area (Å²) in [6, 6.07) is 2.29. The van der Waals surface area contributed by atoms with Gasteiger partial charge in [0.15, 0.2) is 0 Å². The van der Waals surface area contributed by atoms with Crippen LogP contribution in [0.25, 0.3) is 0 Å². The zero-order valence-electron chi connectivity index (χ0n) is 8.61. The summed E-state index contributed by atoms with van der Waals surface area (Å²) in [4.78, 5) is 0. The van der Waals surface area contributed by atoms with Gasteiger partial charge in [-0.05, 0) is 25.1 Å². The Morgan fingerprint density at radius 3 is 2.56 bits per heavy atom. The highest BCUT2D eigenvalue weighted by Crippen LogP contribution is 2.31. The molecule has 0 unspecified atom stereocenters. The molecule has 1 aromatic rings. The summed E-state index contributed by atoms with van der Waals surface area (Å²) in [6.07, 6.45) is -1.05. The third kappa shape index (κ3) is 3.25. The Hall–Kier alpha value is -1.52. The predicted molar refractivity (Wildman–Crippen MR) is 54.7 cm³/mol. The first-order valence-corrected chi connectivity index (χ1v) is 4.67. The van der Waals surface area contributed by atoms with E-state index in [1.165, 1.54) is 0 Å². The number of alkyl halides is 3. The molecule has 88 valence electrons. The summed E-state index contributed by atoms with van der Waals surface area (Å²) in [5.41, 5.74) is -1.01. The average molecular weight is 233 g/mol. The van der Waals surface area contributed by atoms with Gasteiger partial charge in [-0.3, -0.25) is 0 Å². The highest BCUT2D eigenvalue weighted by Gasteiger charge is 2.31. The second-order valence-electron chi connectivity index (χ2n) is 3.14. The third-order valence-corrected chi connectivity index (χ3v) is 1.94. The number of hydrogen-bond acceptors (Lipinski definition) is 1. The standard InChI is InChI=1S/C11H11F4N/c1-2-3-6-16-10-7-8(11(13,14)15)4-5-9(10)12/h2-5,7,16H,6H2,1H3/b3-2+. The molecule has 0 aliphatic rings. The first kappa shape index (κ1) is 12.5. The lowest BCUT2D eigenvalue weighted by Crippen LogP contribution is -2.07. The predicted octanol–water partition coefficient (Wildman–Crippen LogP) is 3.83. The van der Waals surface area contributed by atoms with Gasteiger partial charge in [0.1, 0.15) is 5.82 Å². The molecule has 0 aromatic heterocycles. The van der Waals surface area contributed by atoms with Crippen LogP contribution in [0.5, 0.6) is 0 Å². The number of anilines is 1. The summed E-state index contributed by atoms with van der Waals surface area (Å²) in [5, 5.41) is 2.56. The molecular formula is C11H11F4N. The molecule has 1 N–H and O–H groups in total. The van der Waals surface area contributed by atoms with Gasteiger partial charge in [0.2, 0.25) is 0 Å². The van der Waals surface area contributed by atoms with E-state index in [-0.39, 0.29) is 12.2 Å². The van der Waals surface area contributed by atoms with E-state index in [9.17, 15) is 17.6 Å². The van der Waals surface area contributed by atoms with E-state index in [1.807, 2.05) is 0 Å². The molecule has 1 rings (SSSR count). The highest BCUT2D eigenvalue weighted by atomic mass is 19.4. The zero-order valence-corrected chi connectivity index (χ0v) is 8.61. The molecule has 0 radical (unpaired) electrons. The first-order valence-electron chi connectivity index (χ1n) is 4.67. The minimum Gasteiger partial charge on any atom is -0.379 e. The van der Waals surface area contributed by atoms with Gasteiger partial charge in [-0.25, -0.2) is 4.39 Å². The maximum absolute atomic E-state index is 13.1. The number of benzene rings is 1. The molecule has 0 spiro atoms. The normalized spacial score (nSPS) is 12.1. The molecule has 0 bridgehead atoms. The lowest BCUT2D eigenvalue weighted by atomic mass is 10.2. The van der Waals surface area contributed by atoms with E-state index in [4.69, 9.17) is 0 Å². The van der Waals surface area contributed by atoms with E-state index in [0.29, 0.717) is 0 Å². The van der Waals surface area contributed by atoms with Crippen molar-refractivity contribution in [1.82, 2.24) is 0 Å². The Kier molecular flexibility index (Phi) is 3.93. The van der Waals surface area contributed by atoms with E-state index >= 15 is 0 Å². The number of hydrogen-bond donors (Lipinski definition) is 1. The van der Waals surface area contributed by atoms with Gasteiger partial charge in [-0.1, -0.05) is 12.2 Å². The smallest absolute Gasteiger partial charge is 0.379 e. The van der Waals surface area contributed by atoms with E-state index in [2.05, 4.69) is 5.32 Å². The molecule has 0 heterocycles. The number of rotatable bonds is 3. The summed E-state index contributed by atoms with van der Waals surface area (Å²) in [7, 11) is 0. The number of halogens is 4. The van der Waals surface area contributed by atoms with Gasteiger partial charge >= 0.3 is 6.18 Å². The Morgan fingerprint density at radius 1 is 1.31 bits per heavy atom. The maximum Gasteiger partial charge on any atom is 0.416 e. The van der Waals surface area contributed by atoms with E-state index < -0.39 is 17.6 Å². The lowest BCUT2D eigenvalue weighted by Gasteiger charge is -2.10. The van der Waals surface area contributed by atoms with E-state index in [0.717, 1.165) is 18.2 Å². The number of allylic oxidation sites excluding steroid dienone is 1. The molecule has 0 saturated heterocycles. The molecule has 0 aliphatic heterocycles. The summed E-state index contributed by atoms with van der Waals surface area (Å²) >= 11 is 0. The number of nitrogens with one attached hydrogen (secondary N) is 1. The minimum atomic E-state index is -4.45. The summed E-state index contributed by atoms with van der Waals surface area (Å²) in [5.74, 6) is -0.697. The van der Waals surface area contributed by atoms with Gasteiger partial charge < -0.3 is 5.32 Å². The van der Waals surface area contributed by atoms with Crippen molar-refractivity contribution >= 4 is 5.69 Å². The Bertz CT molecular complexity index is 382. The average Bonchev–Trinajstić information content (AvgIpc) is 2.19. The molecule has 0 fully saturated rings. The van der Waals surface area contributed by atoms with Gasteiger partial charge in [0.05, 0.1) is 11.3 Å². The SMILES string of the molecule is C/C=C/CNc1cc(C(F)(F)F)ccc1F. The fourth-order valence-electron chi connectivity index (χ4n) is 1.12. The van der Waals surface area contributed by atoms with Crippen molar-refractivity contribution in [1.29, 1.82) is 0 Å². The maximum atomic E-state index is 13.1. The fraction of sp³-hybridized carbons (Fsp3) is 0.273. The van der Waals surface area contributed by atoms with Crippen LogP contribution in [0.3, 0.4) is 0 Å². The van der Waals surface area contributed by atoms with Crippen molar-refractivity contribution in [3.05, 3.63) is 41.7 Å². The highest BCUT2D eigenvalue weighted by molar-refractivity contribution is 5.48. The molecular weight excluding hydrogens is 222 g/mol. The van der Waals surface area contributed by atoms with E-state index in [1.54, 1.807) is 19.1 Å². The monoisotopic (exact) mass is 233 g/mol. The largest absolute Gasteiger partial charge is 0.416 e. The van der Waals surface area contributed by atoms with Crippen LogP contribution >= 0.6 is 0 Å². The van der Waals surface area contributed by atoms with Crippen LogP contribution in [0.4, 0.5) is 23.2 Å². The van der Waals surface area contributed by atoms with Crippen molar-refractivity contribution in [2.75, 3.05) is 11.9 Å². The second kappa shape index (κ2) is 5.01.